The van der Waals surface area contributed by atoms with Crippen molar-refractivity contribution in [3.05, 3.63) is 84.5 Å². The van der Waals surface area contributed by atoms with Gasteiger partial charge in [-0.05, 0) is 47.6 Å². The van der Waals surface area contributed by atoms with E-state index >= 15 is 0 Å². The van der Waals surface area contributed by atoms with Gasteiger partial charge in [0.05, 0.1) is 0 Å². The lowest BCUT2D eigenvalue weighted by Crippen LogP contribution is -2.30. The minimum Gasteiger partial charge on any atom is -0.423 e. The average Bonchev–Trinajstić information content (AvgIpc) is 2.67. The van der Waals surface area contributed by atoms with Gasteiger partial charge in [-0.3, -0.25) is 0 Å². The maximum absolute atomic E-state index is 9.61. The molecule has 0 unspecified atom stereocenters. The van der Waals surface area contributed by atoms with Crippen LogP contribution < -0.4 is 5.46 Å². The molecule has 0 aromatic heterocycles. The molecule has 0 saturated heterocycles. The van der Waals surface area contributed by atoms with Gasteiger partial charge in [-0.2, -0.15) is 0 Å². The fourth-order valence-electron chi connectivity index (χ4n) is 2.39. The van der Waals surface area contributed by atoms with E-state index in [4.69, 9.17) is 0 Å². The zero-order valence-corrected chi connectivity index (χ0v) is 15.5. The first kappa shape index (κ1) is 20.7. The van der Waals surface area contributed by atoms with Gasteiger partial charge in [0.25, 0.3) is 0 Å². The highest BCUT2D eigenvalue weighted by Crippen LogP contribution is 2.24. The molecule has 0 spiro atoms. The van der Waals surface area contributed by atoms with Crippen molar-refractivity contribution in [2.75, 3.05) is 0 Å². The standard InChI is InChI=1S/C20H21BO2.C2H6/c1-3-5-10-16(9-4-2)18-13-19(15-20(14-18)21(22)23)17-11-7-6-8-12-17;1-2/h3-15,22-23H,1-2H3;1-2H3/b5-3-,9-4-,16-10+;. The molecular formula is C22H27BO2. The van der Waals surface area contributed by atoms with Crippen LogP contribution in [0.25, 0.3) is 16.7 Å². The van der Waals surface area contributed by atoms with Gasteiger partial charge in [-0.25, -0.2) is 0 Å². The van der Waals surface area contributed by atoms with Crippen LogP contribution in [0, 0.1) is 0 Å². The van der Waals surface area contributed by atoms with Crippen LogP contribution in [-0.2, 0) is 0 Å². The van der Waals surface area contributed by atoms with Crippen molar-refractivity contribution in [3.8, 4) is 11.1 Å². The van der Waals surface area contributed by atoms with Crippen molar-refractivity contribution >= 4 is 18.2 Å². The number of rotatable bonds is 5. The topological polar surface area (TPSA) is 40.5 Å². The highest BCUT2D eigenvalue weighted by molar-refractivity contribution is 6.58. The van der Waals surface area contributed by atoms with Crippen LogP contribution in [0.4, 0.5) is 0 Å². The molecule has 0 bridgehead atoms. The Kier molecular flexibility index (Phi) is 9.30. The summed E-state index contributed by atoms with van der Waals surface area (Å²) in [5, 5.41) is 19.2. The number of benzene rings is 2. The summed E-state index contributed by atoms with van der Waals surface area (Å²) < 4.78 is 0. The summed E-state index contributed by atoms with van der Waals surface area (Å²) in [5.41, 5.74) is 4.46. The summed E-state index contributed by atoms with van der Waals surface area (Å²) in [7, 11) is -1.49. The van der Waals surface area contributed by atoms with Crippen LogP contribution in [0.5, 0.6) is 0 Å². The molecule has 0 fully saturated rings. The Bertz CT molecular complexity index is 729. The second kappa shape index (κ2) is 11.2. The van der Waals surface area contributed by atoms with Gasteiger partial charge in [0, 0.05) is 0 Å². The number of hydrogen-bond donors (Lipinski definition) is 2. The molecule has 2 N–H and O–H groups in total. The van der Waals surface area contributed by atoms with Crippen molar-refractivity contribution in [2.24, 2.45) is 0 Å². The molecule has 0 heterocycles. The highest BCUT2D eigenvalue weighted by Gasteiger charge is 2.14. The second-order valence-electron chi connectivity index (χ2n) is 5.23. The fourth-order valence-corrected chi connectivity index (χ4v) is 2.39. The lowest BCUT2D eigenvalue weighted by atomic mass is 9.77. The van der Waals surface area contributed by atoms with E-state index in [1.54, 1.807) is 0 Å². The van der Waals surface area contributed by atoms with Crippen LogP contribution >= 0.6 is 0 Å². The fraction of sp³-hybridized carbons (Fsp3) is 0.182. The van der Waals surface area contributed by atoms with E-state index in [-0.39, 0.29) is 0 Å². The highest BCUT2D eigenvalue weighted by atomic mass is 16.4. The van der Waals surface area contributed by atoms with E-state index in [9.17, 15) is 10.0 Å². The van der Waals surface area contributed by atoms with Crippen molar-refractivity contribution in [3.63, 3.8) is 0 Å². The van der Waals surface area contributed by atoms with Crippen LogP contribution in [-0.4, -0.2) is 17.2 Å². The summed E-state index contributed by atoms with van der Waals surface area (Å²) >= 11 is 0. The van der Waals surface area contributed by atoms with E-state index in [0.717, 1.165) is 22.3 Å². The van der Waals surface area contributed by atoms with Crippen molar-refractivity contribution < 1.29 is 10.0 Å². The molecule has 0 aliphatic rings. The van der Waals surface area contributed by atoms with Crippen LogP contribution in [0.15, 0.2) is 78.9 Å². The first-order valence-electron chi connectivity index (χ1n) is 8.68. The largest absolute Gasteiger partial charge is 0.488 e. The Morgan fingerprint density at radius 2 is 1.56 bits per heavy atom. The Labute approximate surface area is 152 Å². The van der Waals surface area contributed by atoms with Gasteiger partial charge < -0.3 is 10.0 Å². The summed E-state index contributed by atoms with van der Waals surface area (Å²) in [6.07, 6.45) is 9.93. The Morgan fingerprint density at radius 1 is 0.880 bits per heavy atom. The van der Waals surface area contributed by atoms with Gasteiger partial charge in [-0.15, -0.1) is 0 Å². The third-order valence-electron chi connectivity index (χ3n) is 3.51. The molecule has 3 heteroatoms. The van der Waals surface area contributed by atoms with E-state index in [1.165, 1.54) is 0 Å². The monoisotopic (exact) mass is 334 g/mol. The molecule has 130 valence electrons. The molecule has 25 heavy (non-hydrogen) atoms. The quantitative estimate of drug-likeness (QED) is 0.620. The Morgan fingerprint density at radius 3 is 2.12 bits per heavy atom. The van der Waals surface area contributed by atoms with E-state index in [1.807, 2.05) is 101 Å². The summed E-state index contributed by atoms with van der Waals surface area (Å²) in [6.45, 7) is 7.93. The predicted molar refractivity (Wildman–Crippen MR) is 111 cm³/mol. The van der Waals surface area contributed by atoms with Gasteiger partial charge in [0.1, 0.15) is 0 Å². The summed E-state index contributed by atoms with van der Waals surface area (Å²) in [6, 6.07) is 15.6. The first-order chi connectivity index (χ1) is 12.2. The normalized spacial score (nSPS) is 11.5. The predicted octanol–water partition coefficient (Wildman–Crippen LogP) is 4.60. The minimum atomic E-state index is -1.49. The van der Waals surface area contributed by atoms with Gasteiger partial charge in [0.2, 0.25) is 0 Å². The zero-order chi connectivity index (χ0) is 18.7. The zero-order valence-electron chi connectivity index (χ0n) is 15.5. The van der Waals surface area contributed by atoms with Crippen molar-refractivity contribution in [2.45, 2.75) is 27.7 Å². The van der Waals surface area contributed by atoms with Gasteiger partial charge in [0.15, 0.2) is 0 Å². The molecule has 0 atom stereocenters. The molecule has 0 aliphatic heterocycles. The SMILES string of the molecule is CC.C\C=C/C=C(\C=C/C)c1cc(B(O)O)cc(-c2ccccc2)c1. The van der Waals surface area contributed by atoms with Gasteiger partial charge >= 0.3 is 7.12 Å². The number of hydrogen-bond acceptors (Lipinski definition) is 2. The van der Waals surface area contributed by atoms with Crippen molar-refractivity contribution in [1.29, 1.82) is 0 Å². The average molecular weight is 334 g/mol. The number of allylic oxidation sites excluding steroid dienone is 6. The molecule has 0 aliphatic carbocycles. The Hall–Kier alpha value is -2.36. The molecular weight excluding hydrogens is 307 g/mol. The Balaban J connectivity index is 0.00000151. The second-order valence-corrected chi connectivity index (χ2v) is 5.23. The third-order valence-corrected chi connectivity index (χ3v) is 3.51. The smallest absolute Gasteiger partial charge is 0.423 e. The van der Waals surface area contributed by atoms with Crippen molar-refractivity contribution in [1.82, 2.24) is 0 Å². The van der Waals surface area contributed by atoms with Crippen LogP contribution in [0.3, 0.4) is 0 Å². The third kappa shape index (κ3) is 6.22. The lowest BCUT2D eigenvalue weighted by Gasteiger charge is -2.11. The molecule has 2 nitrogen and oxygen atoms in total. The first-order valence-corrected chi connectivity index (χ1v) is 8.68. The molecule has 2 aromatic rings. The molecule has 2 rings (SSSR count). The maximum atomic E-state index is 9.61. The van der Waals surface area contributed by atoms with E-state index in [0.29, 0.717) is 5.46 Å². The molecule has 2 aromatic carbocycles. The molecule has 0 saturated carbocycles. The lowest BCUT2D eigenvalue weighted by molar-refractivity contribution is 0.426. The van der Waals surface area contributed by atoms with E-state index in [2.05, 4.69) is 6.07 Å². The van der Waals surface area contributed by atoms with Crippen LogP contribution in [0.1, 0.15) is 33.3 Å². The minimum absolute atomic E-state index is 0.484. The van der Waals surface area contributed by atoms with Gasteiger partial charge in [-0.1, -0.05) is 86.7 Å². The molecule has 0 radical (unpaired) electrons. The van der Waals surface area contributed by atoms with Crippen LogP contribution in [0.2, 0.25) is 0 Å². The van der Waals surface area contributed by atoms with E-state index < -0.39 is 7.12 Å². The summed E-state index contributed by atoms with van der Waals surface area (Å²) in [5.74, 6) is 0. The molecule has 0 amide bonds. The maximum Gasteiger partial charge on any atom is 0.488 e. The summed E-state index contributed by atoms with van der Waals surface area (Å²) in [4.78, 5) is 0.